The number of nitrogens with zero attached hydrogens (tertiary/aromatic N) is 2. The van der Waals surface area contributed by atoms with Gasteiger partial charge in [0.05, 0.1) is 10.6 Å². The largest absolute Gasteiger partial charge is 0.298 e. The fourth-order valence-corrected chi connectivity index (χ4v) is 3.89. The first-order valence-corrected chi connectivity index (χ1v) is 10.4. The van der Waals surface area contributed by atoms with Crippen molar-refractivity contribution < 1.29 is 8.42 Å². The third kappa shape index (κ3) is 3.95. The number of para-hydroxylation sites is 1. The smallest absolute Gasteiger partial charge is 0.279 e. The number of hydrogen-bond acceptors (Lipinski definition) is 4. The van der Waals surface area contributed by atoms with Gasteiger partial charge in [-0.1, -0.05) is 66.7 Å². The molecule has 1 heterocycles. The number of aromatic nitrogens is 2. The molecule has 0 unspecified atom stereocenters. The van der Waals surface area contributed by atoms with Crippen molar-refractivity contribution in [2.75, 3.05) is 4.72 Å². The Morgan fingerprint density at radius 1 is 0.759 bits per heavy atom. The van der Waals surface area contributed by atoms with Crippen molar-refractivity contribution in [1.29, 1.82) is 0 Å². The van der Waals surface area contributed by atoms with Crippen molar-refractivity contribution in [2.45, 2.75) is 4.90 Å². The van der Waals surface area contributed by atoms with E-state index in [4.69, 9.17) is 0 Å². The summed E-state index contributed by atoms with van der Waals surface area (Å²) in [7, 11) is -3.96. The summed E-state index contributed by atoms with van der Waals surface area (Å²) in [6.07, 6.45) is 1.60. The number of sulfonamides is 1. The van der Waals surface area contributed by atoms with Gasteiger partial charge in [-0.2, -0.15) is 0 Å². The molecule has 6 nitrogen and oxygen atoms in total. The third-order valence-electron chi connectivity index (χ3n) is 4.29. The van der Waals surface area contributed by atoms with E-state index in [0.29, 0.717) is 11.4 Å². The van der Waals surface area contributed by atoms with Gasteiger partial charge in [-0.25, -0.2) is 13.4 Å². The molecule has 0 amide bonds. The van der Waals surface area contributed by atoms with E-state index < -0.39 is 15.6 Å². The first-order valence-electron chi connectivity index (χ1n) is 8.87. The van der Waals surface area contributed by atoms with Crippen molar-refractivity contribution in [2.24, 2.45) is 0 Å². The highest BCUT2D eigenvalue weighted by molar-refractivity contribution is 7.92. The van der Waals surface area contributed by atoms with Crippen molar-refractivity contribution >= 4 is 15.8 Å². The molecular weight excluding hydrogens is 386 g/mol. The molecule has 144 valence electrons. The van der Waals surface area contributed by atoms with E-state index in [2.05, 4.69) is 9.71 Å². The molecule has 7 heteroatoms. The van der Waals surface area contributed by atoms with Crippen molar-refractivity contribution in [3.05, 3.63) is 108 Å². The molecule has 29 heavy (non-hydrogen) atoms. The van der Waals surface area contributed by atoms with Gasteiger partial charge >= 0.3 is 0 Å². The molecule has 0 saturated heterocycles. The molecule has 0 fully saturated rings. The van der Waals surface area contributed by atoms with Crippen LogP contribution in [0.25, 0.3) is 16.9 Å². The van der Waals surface area contributed by atoms with Crippen molar-refractivity contribution in [3.8, 4) is 16.9 Å². The van der Waals surface area contributed by atoms with Crippen LogP contribution in [0.4, 0.5) is 5.82 Å². The zero-order valence-electron chi connectivity index (χ0n) is 15.3. The van der Waals surface area contributed by atoms with Gasteiger partial charge in [0.25, 0.3) is 15.6 Å². The highest BCUT2D eigenvalue weighted by Crippen LogP contribution is 2.20. The van der Waals surface area contributed by atoms with Gasteiger partial charge in [-0.3, -0.25) is 14.1 Å². The van der Waals surface area contributed by atoms with Gasteiger partial charge in [-0.05, 0) is 24.3 Å². The molecule has 0 bridgehead atoms. The number of rotatable bonds is 5. The minimum atomic E-state index is -3.96. The van der Waals surface area contributed by atoms with Crippen LogP contribution in [0.3, 0.4) is 0 Å². The highest BCUT2D eigenvalue weighted by atomic mass is 32.2. The van der Waals surface area contributed by atoms with Gasteiger partial charge in [0.2, 0.25) is 5.82 Å². The van der Waals surface area contributed by atoms with Gasteiger partial charge < -0.3 is 0 Å². The first kappa shape index (κ1) is 18.6. The predicted molar refractivity (Wildman–Crippen MR) is 113 cm³/mol. The maximum absolute atomic E-state index is 13.0. The second kappa shape index (κ2) is 7.73. The summed E-state index contributed by atoms with van der Waals surface area (Å²) in [6.45, 7) is 0. The molecule has 0 saturated carbocycles. The van der Waals surface area contributed by atoms with E-state index in [0.717, 1.165) is 5.56 Å². The molecule has 1 N–H and O–H groups in total. The third-order valence-corrected chi connectivity index (χ3v) is 5.65. The molecule has 4 rings (SSSR count). The second-order valence-corrected chi connectivity index (χ2v) is 7.95. The summed E-state index contributed by atoms with van der Waals surface area (Å²) < 4.78 is 29.2. The van der Waals surface area contributed by atoms with Crippen LogP contribution in [0.15, 0.2) is 107 Å². The Morgan fingerprint density at radius 2 is 1.31 bits per heavy atom. The van der Waals surface area contributed by atoms with Crippen LogP contribution in [0.5, 0.6) is 0 Å². The molecule has 0 aliphatic heterocycles. The molecule has 0 spiro atoms. The highest BCUT2D eigenvalue weighted by Gasteiger charge is 2.19. The Bertz CT molecular complexity index is 1290. The average molecular weight is 403 g/mol. The lowest BCUT2D eigenvalue weighted by atomic mass is 10.1. The van der Waals surface area contributed by atoms with Crippen LogP contribution in [0.2, 0.25) is 0 Å². The lowest BCUT2D eigenvalue weighted by Crippen LogP contribution is -2.26. The maximum atomic E-state index is 13.0. The predicted octanol–water partition coefficient (Wildman–Crippen LogP) is 3.70. The van der Waals surface area contributed by atoms with Crippen molar-refractivity contribution in [3.63, 3.8) is 0 Å². The number of hydrogen-bond donors (Lipinski definition) is 1. The van der Waals surface area contributed by atoms with Gasteiger partial charge in [-0.15, -0.1) is 0 Å². The van der Waals surface area contributed by atoms with E-state index in [1.165, 1.54) is 16.7 Å². The van der Waals surface area contributed by atoms with E-state index >= 15 is 0 Å². The molecule has 0 atom stereocenters. The Hall–Kier alpha value is -3.71. The minimum absolute atomic E-state index is 0.0533. The van der Waals surface area contributed by atoms with Crippen LogP contribution < -0.4 is 10.3 Å². The van der Waals surface area contributed by atoms with Crippen LogP contribution in [0.1, 0.15) is 0 Å². The van der Waals surface area contributed by atoms with E-state index in [1.54, 1.807) is 48.7 Å². The van der Waals surface area contributed by atoms with Crippen LogP contribution in [-0.2, 0) is 10.0 Å². The summed E-state index contributed by atoms with van der Waals surface area (Å²) in [4.78, 5) is 17.4. The van der Waals surface area contributed by atoms with Gasteiger partial charge in [0.1, 0.15) is 0 Å². The fraction of sp³-hybridized carbons (Fsp3) is 0. The zero-order chi connectivity index (χ0) is 20.3. The monoisotopic (exact) mass is 403 g/mol. The summed E-state index contributed by atoms with van der Waals surface area (Å²) in [5.41, 5.74) is 1.28. The van der Waals surface area contributed by atoms with E-state index in [9.17, 15) is 13.2 Å². The normalized spacial score (nSPS) is 11.2. The number of benzene rings is 3. The Kier molecular flexibility index (Phi) is 4.97. The zero-order valence-corrected chi connectivity index (χ0v) is 16.1. The SMILES string of the molecule is O=c1c(NS(=O)(=O)c2ccccc2)nc(-c2ccccc2)cn1-c1ccccc1. The van der Waals surface area contributed by atoms with Gasteiger partial charge in [0.15, 0.2) is 0 Å². The second-order valence-electron chi connectivity index (χ2n) is 6.27. The van der Waals surface area contributed by atoms with Crippen LogP contribution >= 0.6 is 0 Å². The minimum Gasteiger partial charge on any atom is -0.279 e. The van der Waals surface area contributed by atoms with Crippen LogP contribution in [0, 0.1) is 0 Å². The summed E-state index contributed by atoms with van der Waals surface area (Å²) in [6, 6.07) is 26.1. The first-order chi connectivity index (χ1) is 14.0. The maximum Gasteiger partial charge on any atom is 0.298 e. The van der Waals surface area contributed by atoms with Gasteiger partial charge in [0, 0.05) is 17.4 Å². The molecule has 0 aliphatic rings. The molecule has 0 radical (unpaired) electrons. The molecule has 4 aromatic rings. The lowest BCUT2D eigenvalue weighted by molar-refractivity contribution is 0.601. The molecule has 1 aromatic heterocycles. The summed E-state index contributed by atoms with van der Waals surface area (Å²) in [5, 5.41) is 0. The number of nitrogens with one attached hydrogen (secondary N) is 1. The number of anilines is 1. The Labute approximate surface area is 168 Å². The lowest BCUT2D eigenvalue weighted by Gasteiger charge is -2.13. The molecule has 3 aromatic carbocycles. The fourth-order valence-electron chi connectivity index (χ4n) is 2.87. The van der Waals surface area contributed by atoms with Crippen LogP contribution in [-0.4, -0.2) is 18.0 Å². The van der Waals surface area contributed by atoms with E-state index in [1.807, 2.05) is 36.4 Å². The van der Waals surface area contributed by atoms with E-state index in [-0.39, 0.29) is 10.7 Å². The topological polar surface area (TPSA) is 81.1 Å². The summed E-state index contributed by atoms with van der Waals surface area (Å²) >= 11 is 0. The standard InChI is InChI=1S/C22H17N3O3S/c26-22-21(24-29(27,28)19-14-8-3-9-15-19)23-20(17-10-4-1-5-11-17)16-25(22)18-12-6-2-7-13-18/h1-16H,(H,23,24). The average Bonchev–Trinajstić information content (AvgIpc) is 2.77. The molecular formula is C22H17N3O3S. The summed E-state index contributed by atoms with van der Waals surface area (Å²) in [5.74, 6) is -0.265. The Balaban J connectivity index is 1.88. The quantitative estimate of drug-likeness (QED) is 0.551. The van der Waals surface area contributed by atoms with Crippen molar-refractivity contribution in [1.82, 2.24) is 9.55 Å². The Morgan fingerprint density at radius 3 is 1.93 bits per heavy atom. The molecule has 0 aliphatic carbocycles.